The summed E-state index contributed by atoms with van der Waals surface area (Å²) in [4.78, 5) is 12.7. The molecular weight excluding hydrogens is 321 g/mol. The number of rotatable bonds is 2. The molecule has 0 aliphatic carbocycles. The first-order valence-electron chi connectivity index (χ1n) is 8.46. The number of hydrogen-bond donors (Lipinski definition) is 1. The van der Waals surface area contributed by atoms with Gasteiger partial charge in [-0.05, 0) is 39.8 Å². The summed E-state index contributed by atoms with van der Waals surface area (Å²) in [5.41, 5.74) is 6.42. The number of amides is 1. The molecular formula is C19H28FN3O2. The van der Waals surface area contributed by atoms with Crippen molar-refractivity contribution in [2.75, 3.05) is 17.3 Å². The maximum Gasteiger partial charge on any atom is 0.429 e. The summed E-state index contributed by atoms with van der Waals surface area (Å²) in [6, 6.07) is 4.92. The molecule has 5 nitrogen and oxygen atoms in total. The number of carbonyl (C=O) groups excluding carboxylic acids is 1. The van der Waals surface area contributed by atoms with Crippen LogP contribution in [0, 0.1) is 5.82 Å². The second kappa shape index (κ2) is 6.24. The van der Waals surface area contributed by atoms with Crippen LogP contribution in [0.4, 0.5) is 14.9 Å². The number of nitrogens with zero attached hydrogens (tertiary/aromatic N) is 2. The summed E-state index contributed by atoms with van der Waals surface area (Å²) in [5.74, 6) is -0.509. The molecule has 0 radical (unpaired) electrons. The average molecular weight is 349 g/mol. The number of nitrogen functional groups attached to an aromatic ring is 1. The molecule has 1 aromatic carbocycles. The number of halogens is 1. The second-order valence-corrected chi connectivity index (χ2v) is 8.21. The van der Waals surface area contributed by atoms with Gasteiger partial charge in [-0.1, -0.05) is 20.8 Å². The second-order valence-electron chi connectivity index (χ2n) is 8.21. The molecule has 0 bridgehead atoms. The largest absolute Gasteiger partial charge is 0.448 e. The van der Waals surface area contributed by atoms with Crippen molar-refractivity contribution in [2.24, 2.45) is 0 Å². The Balaban J connectivity index is 2.87. The number of anilines is 1. The number of aromatic nitrogens is 1. The van der Waals surface area contributed by atoms with E-state index in [0.29, 0.717) is 5.52 Å². The van der Waals surface area contributed by atoms with Crippen molar-refractivity contribution in [3.05, 3.63) is 29.7 Å². The van der Waals surface area contributed by atoms with Crippen molar-refractivity contribution in [3.8, 4) is 0 Å². The van der Waals surface area contributed by atoms with Gasteiger partial charge >= 0.3 is 6.09 Å². The number of fused-ring (bicyclic) bond motifs is 1. The van der Waals surface area contributed by atoms with Gasteiger partial charge in [0.05, 0.1) is 23.3 Å². The third kappa shape index (κ3) is 3.57. The minimum absolute atomic E-state index is 0.0866. The molecule has 138 valence electrons. The molecule has 2 aromatic rings. The zero-order valence-corrected chi connectivity index (χ0v) is 16.1. The smallest absolute Gasteiger partial charge is 0.429 e. The van der Waals surface area contributed by atoms with Crippen LogP contribution in [0.1, 0.15) is 54.2 Å². The lowest BCUT2D eigenvalue weighted by Crippen LogP contribution is -2.54. The Morgan fingerprint density at radius 3 is 2.28 bits per heavy atom. The average Bonchev–Trinajstić information content (AvgIpc) is 2.77. The Morgan fingerprint density at radius 2 is 1.80 bits per heavy atom. The van der Waals surface area contributed by atoms with Crippen molar-refractivity contribution in [1.82, 2.24) is 4.68 Å². The molecule has 6 heteroatoms. The maximum absolute atomic E-state index is 14.2. The van der Waals surface area contributed by atoms with E-state index in [1.54, 1.807) is 17.7 Å². The fourth-order valence-electron chi connectivity index (χ4n) is 2.82. The van der Waals surface area contributed by atoms with E-state index >= 15 is 0 Å². The Labute approximate surface area is 148 Å². The van der Waals surface area contributed by atoms with E-state index in [4.69, 9.17) is 10.5 Å². The molecule has 2 rings (SSSR count). The van der Waals surface area contributed by atoms with E-state index in [-0.39, 0.29) is 17.7 Å². The van der Waals surface area contributed by atoms with E-state index in [2.05, 4.69) is 0 Å². The third-order valence-electron chi connectivity index (χ3n) is 3.94. The maximum atomic E-state index is 14.2. The Bertz CT molecular complexity index is 798. The van der Waals surface area contributed by atoms with Crippen LogP contribution in [0.25, 0.3) is 10.9 Å². The van der Waals surface area contributed by atoms with Crippen molar-refractivity contribution in [2.45, 2.75) is 59.4 Å². The van der Waals surface area contributed by atoms with Gasteiger partial charge in [-0.25, -0.2) is 14.2 Å². The van der Waals surface area contributed by atoms with Crippen LogP contribution < -0.4 is 10.7 Å². The standard InChI is InChI=1S/C19H28FN3O2/c1-8-25-17(24)23(19(5,6)7)22-15-11-13(20)14(21)9-12(15)10-16(22)18(2,3)4/h9-11H,8,21H2,1-7H3. The highest BCUT2D eigenvalue weighted by molar-refractivity contribution is 5.89. The highest BCUT2D eigenvalue weighted by Crippen LogP contribution is 2.33. The van der Waals surface area contributed by atoms with Gasteiger partial charge in [0.15, 0.2) is 0 Å². The molecule has 0 saturated heterocycles. The number of benzene rings is 1. The minimum atomic E-state index is -0.573. The van der Waals surface area contributed by atoms with Crippen LogP contribution in [0.3, 0.4) is 0 Å². The topological polar surface area (TPSA) is 60.5 Å². The highest BCUT2D eigenvalue weighted by atomic mass is 19.1. The molecule has 0 atom stereocenters. The van der Waals surface area contributed by atoms with E-state index < -0.39 is 17.4 Å². The lowest BCUT2D eigenvalue weighted by atomic mass is 9.92. The number of ether oxygens (including phenoxy) is 1. The number of carbonyl (C=O) groups is 1. The van der Waals surface area contributed by atoms with Crippen LogP contribution in [-0.2, 0) is 10.2 Å². The van der Waals surface area contributed by atoms with Crippen molar-refractivity contribution < 1.29 is 13.9 Å². The SMILES string of the molecule is CCOC(=O)N(n1c(C(C)(C)C)cc2cc(N)c(F)cc21)C(C)(C)C. The summed E-state index contributed by atoms with van der Waals surface area (Å²) in [6.07, 6.45) is -0.477. The monoisotopic (exact) mass is 349 g/mol. The molecule has 1 amide bonds. The summed E-state index contributed by atoms with van der Waals surface area (Å²) < 4.78 is 21.2. The number of nitrogens with two attached hydrogens (primary N) is 1. The molecule has 1 aromatic heterocycles. The Kier molecular flexibility index (Phi) is 4.77. The third-order valence-corrected chi connectivity index (χ3v) is 3.94. The van der Waals surface area contributed by atoms with Crippen LogP contribution in [0.5, 0.6) is 0 Å². The normalized spacial score (nSPS) is 12.5. The van der Waals surface area contributed by atoms with Gasteiger partial charge in [-0.15, -0.1) is 0 Å². The Morgan fingerprint density at radius 1 is 1.20 bits per heavy atom. The molecule has 0 spiro atoms. The lowest BCUT2D eigenvalue weighted by molar-refractivity contribution is 0.144. The van der Waals surface area contributed by atoms with Gasteiger partial charge in [-0.3, -0.25) is 4.68 Å². The first kappa shape index (κ1) is 19.1. The van der Waals surface area contributed by atoms with Crippen LogP contribution >= 0.6 is 0 Å². The fraction of sp³-hybridized carbons (Fsp3) is 0.526. The molecule has 0 aliphatic heterocycles. The van der Waals surface area contributed by atoms with E-state index in [0.717, 1.165) is 11.1 Å². The summed E-state index contributed by atoms with van der Waals surface area (Å²) >= 11 is 0. The van der Waals surface area contributed by atoms with E-state index in [9.17, 15) is 9.18 Å². The highest BCUT2D eigenvalue weighted by Gasteiger charge is 2.35. The zero-order chi connectivity index (χ0) is 19.2. The fourth-order valence-corrected chi connectivity index (χ4v) is 2.82. The van der Waals surface area contributed by atoms with E-state index in [1.807, 2.05) is 47.6 Å². The van der Waals surface area contributed by atoms with Crippen molar-refractivity contribution >= 4 is 22.7 Å². The van der Waals surface area contributed by atoms with Gasteiger partial charge in [0.1, 0.15) is 5.82 Å². The van der Waals surface area contributed by atoms with Gasteiger partial charge in [0, 0.05) is 22.6 Å². The molecule has 2 N–H and O–H groups in total. The predicted octanol–water partition coefficient (Wildman–Crippen LogP) is 4.55. The molecule has 1 heterocycles. The summed E-state index contributed by atoms with van der Waals surface area (Å²) in [6.45, 7) is 13.9. The molecule has 0 unspecified atom stereocenters. The Hall–Kier alpha value is -2.24. The molecule has 0 aliphatic rings. The van der Waals surface area contributed by atoms with Crippen molar-refractivity contribution in [1.29, 1.82) is 0 Å². The lowest BCUT2D eigenvalue weighted by Gasteiger charge is -2.38. The molecule has 0 fully saturated rings. The van der Waals surface area contributed by atoms with Crippen LogP contribution in [0.2, 0.25) is 0 Å². The van der Waals surface area contributed by atoms with Gasteiger partial charge < -0.3 is 10.5 Å². The first-order chi connectivity index (χ1) is 11.4. The predicted molar refractivity (Wildman–Crippen MR) is 100 cm³/mol. The zero-order valence-electron chi connectivity index (χ0n) is 16.1. The quantitative estimate of drug-likeness (QED) is 0.809. The first-order valence-corrected chi connectivity index (χ1v) is 8.46. The van der Waals surface area contributed by atoms with Gasteiger partial charge in [-0.2, -0.15) is 0 Å². The minimum Gasteiger partial charge on any atom is -0.448 e. The molecule has 0 saturated carbocycles. The number of hydrogen-bond acceptors (Lipinski definition) is 3. The van der Waals surface area contributed by atoms with Crippen LogP contribution in [-0.4, -0.2) is 22.9 Å². The summed E-state index contributed by atoms with van der Waals surface area (Å²) in [5, 5.41) is 2.32. The van der Waals surface area contributed by atoms with Gasteiger partial charge in [0.25, 0.3) is 0 Å². The van der Waals surface area contributed by atoms with Crippen LogP contribution in [0.15, 0.2) is 18.2 Å². The van der Waals surface area contributed by atoms with Crippen molar-refractivity contribution in [3.63, 3.8) is 0 Å². The molecule has 25 heavy (non-hydrogen) atoms. The van der Waals surface area contributed by atoms with Gasteiger partial charge in [0.2, 0.25) is 0 Å². The van der Waals surface area contributed by atoms with E-state index in [1.165, 1.54) is 11.1 Å². The summed E-state index contributed by atoms with van der Waals surface area (Å²) in [7, 11) is 0.